The van der Waals surface area contributed by atoms with Gasteiger partial charge in [0.15, 0.2) is 0 Å². The van der Waals surface area contributed by atoms with Crippen LogP contribution in [0.2, 0.25) is 0 Å². The first kappa shape index (κ1) is 13.9. The zero-order chi connectivity index (χ0) is 14.5. The normalized spacial score (nSPS) is 12.2. The summed E-state index contributed by atoms with van der Waals surface area (Å²) in [5.41, 5.74) is 3.31. The predicted molar refractivity (Wildman–Crippen MR) is 86.2 cm³/mol. The minimum absolute atomic E-state index is 0.0782. The number of nitrogens with zero attached hydrogens (tertiary/aromatic N) is 2. The predicted octanol–water partition coefficient (Wildman–Crippen LogP) is 3.73. The van der Waals surface area contributed by atoms with Crippen LogP contribution in [0.1, 0.15) is 28.0 Å². The van der Waals surface area contributed by atoms with Gasteiger partial charge in [-0.25, -0.2) is 4.98 Å². The highest BCUT2D eigenvalue weighted by Crippen LogP contribution is 2.20. The molecule has 0 saturated carbocycles. The second kappa shape index (κ2) is 6.61. The molecule has 21 heavy (non-hydrogen) atoms. The van der Waals surface area contributed by atoms with Gasteiger partial charge in [-0.2, -0.15) is 0 Å². The molecule has 1 aromatic carbocycles. The Morgan fingerprint density at radius 1 is 1.10 bits per heavy atom. The van der Waals surface area contributed by atoms with Crippen LogP contribution in [-0.4, -0.2) is 9.97 Å². The minimum atomic E-state index is 0.0782. The van der Waals surface area contributed by atoms with Crippen LogP contribution in [-0.2, 0) is 6.54 Å². The van der Waals surface area contributed by atoms with Crippen molar-refractivity contribution in [1.82, 2.24) is 15.3 Å². The number of benzene rings is 1. The molecule has 0 bridgehead atoms. The minimum Gasteiger partial charge on any atom is -0.299 e. The molecule has 0 amide bonds. The van der Waals surface area contributed by atoms with Gasteiger partial charge in [-0.05, 0) is 24.6 Å². The molecule has 0 aliphatic heterocycles. The summed E-state index contributed by atoms with van der Waals surface area (Å²) < 4.78 is 0. The molecule has 3 nitrogen and oxygen atoms in total. The SMILES string of the molecule is Cc1nc(CNC(c2ccccc2)c2ccccn2)cs1. The molecule has 0 aliphatic rings. The van der Waals surface area contributed by atoms with Gasteiger partial charge in [-0.1, -0.05) is 36.4 Å². The van der Waals surface area contributed by atoms with Gasteiger partial charge < -0.3 is 0 Å². The summed E-state index contributed by atoms with van der Waals surface area (Å²) in [6, 6.07) is 16.5. The molecule has 3 rings (SSSR count). The highest BCUT2D eigenvalue weighted by Gasteiger charge is 2.14. The third kappa shape index (κ3) is 3.54. The summed E-state index contributed by atoms with van der Waals surface area (Å²) in [5.74, 6) is 0. The smallest absolute Gasteiger partial charge is 0.0897 e. The molecule has 0 aliphatic carbocycles. The third-order valence-corrected chi connectivity index (χ3v) is 4.09. The van der Waals surface area contributed by atoms with Gasteiger partial charge in [0.25, 0.3) is 0 Å². The van der Waals surface area contributed by atoms with E-state index in [-0.39, 0.29) is 6.04 Å². The molecule has 1 atom stereocenters. The Morgan fingerprint density at radius 3 is 2.57 bits per heavy atom. The summed E-state index contributed by atoms with van der Waals surface area (Å²) in [6.07, 6.45) is 1.83. The van der Waals surface area contributed by atoms with E-state index in [0.29, 0.717) is 0 Å². The standard InChI is InChI=1S/C17H17N3S/c1-13-20-15(12-21-13)11-19-17(14-7-3-2-4-8-14)16-9-5-6-10-18-16/h2-10,12,17,19H,11H2,1H3. The van der Waals surface area contributed by atoms with Gasteiger partial charge in [-0.3, -0.25) is 10.3 Å². The largest absolute Gasteiger partial charge is 0.299 e. The molecule has 0 saturated heterocycles. The van der Waals surface area contributed by atoms with Crippen LogP contribution in [0.4, 0.5) is 0 Å². The van der Waals surface area contributed by atoms with Crippen molar-refractivity contribution in [3.63, 3.8) is 0 Å². The molecular weight excluding hydrogens is 278 g/mol. The first-order valence-corrected chi connectivity index (χ1v) is 7.81. The van der Waals surface area contributed by atoms with Gasteiger partial charge in [0.05, 0.1) is 22.4 Å². The summed E-state index contributed by atoms with van der Waals surface area (Å²) in [4.78, 5) is 9.00. The van der Waals surface area contributed by atoms with Crippen molar-refractivity contribution in [3.8, 4) is 0 Å². The molecular formula is C17H17N3S. The molecule has 2 aromatic heterocycles. The Kier molecular flexibility index (Phi) is 4.38. The van der Waals surface area contributed by atoms with Crippen LogP contribution in [0, 0.1) is 6.92 Å². The molecule has 1 unspecified atom stereocenters. The van der Waals surface area contributed by atoms with Crippen molar-refractivity contribution in [3.05, 3.63) is 82.1 Å². The number of aryl methyl sites for hydroxylation is 1. The molecule has 3 aromatic rings. The second-order valence-corrected chi connectivity index (χ2v) is 5.90. The number of hydrogen-bond donors (Lipinski definition) is 1. The Balaban J connectivity index is 1.83. The molecule has 0 fully saturated rings. The number of rotatable bonds is 5. The van der Waals surface area contributed by atoms with Gasteiger partial charge >= 0.3 is 0 Å². The van der Waals surface area contributed by atoms with Crippen LogP contribution >= 0.6 is 11.3 Å². The quantitative estimate of drug-likeness (QED) is 0.779. The van der Waals surface area contributed by atoms with E-state index in [1.54, 1.807) is 11.3 Å². The van der Waals surface area contributed by atoms with E-state index in [1.807, 2.05) is 31.3 Å². The Labute approximate surface area is 128 Å². The van der Waals surface area contributed by atoms with Crippen LogP contribution in [0.5, 0.6) is 0 Å². The Morgan fingerprint density at radius 2 is 1.90 bits per heavy atom. The van der Waals surface area contributed by atoms with E-state index < -0.39 is 0 Å². The van der Waals surface area contributed by atoms with Crippen molar-refractivity contribution in [2.75, 3.05) is 0 Å². The van der Waals surface area contributed by atoms with Gasteiger partial charge in [0.2, 0.25) is 0 Å². The lowest BCUT2D eigenvalue weighted by molar-refractivity contribution is 0.585. The molecule has 1 N–H and O–H groups in total. The Bertz CT molecular complexity index is 640. The monoisotopic (exact) mass is 295 g/mol. The molecule has 0 radical (unpaired) electrons. The molecule has 106 valence electrons. The van der Waals surface area contributed by atoms with Crippen molar-refractivity contribution >= 4 is 11.3 Å². The van der Waals surface area contributed by atoms with Gasteiger partial charge in [0, 0.05) is 18.1 Å². The second-order valence-electron chi connectivity index (χ2n) is 4.84. The van der Waals surface area contributed by atoms with Crippen molar-refractivity contribution in [2.24, 2.45) is 0 Å². The fraction of sp³-hybridized carbons (Fsp3) is 0.176. The van der Waals surface area contributed by atoms with Crippen LogP contribution in [0.15, 0.2) is 60.1 Å². The van der Waals surface area contributed by atoms with Gasteiger partial charge in [0.1, 0.15) is 0 Å². The number of thiazole rings is 1. The van der Waals surface area contributed by atoms with Crippen molar-refractivity contribution < 1.29 is 0 Å². The van der Waals surface area contributed by atoms with E-state index in [2.05, 4.69) is 51.0 Å². The van der Waals surface area contributed by atoms with E-state index >= 15 is 0 Å². The van der Waals surface area contributed by atoms with E-state index in [9.17, 15) is 0 Å². The van der Waals surface area contributed by atoms with Crippen molar-refractivity contribution in [2.45, 2.75) is 19.5 Å². The highest BCUT2D eigenvalue weighted by molar-refractivity contribution is 7.09. The van der Waals surface area contributed by atoms with Crippen LogP contribution in [0.25, 0.3) is 0 Å². The number of nitrogens with one attached hydrogen (secondary N) is 1. The topological polar surface area (TPSA) is 37.8 Å². The average molecular weight is 295 g/mol. The number of pyridine rings is 1. The van der Waals surface area contributed by atoms with E-state index in [1.165, 1.54) is 5.56 Å². The first-order chi connectivity index (χ1) is 10.3. The summed E-state index contributed by atoms with van der Waals surface area (Å²) >= 11 is 1.68. The van der Waals surface area contributed by atoms with E-state index in [0.717, 1.165) is 22.9 Å². The number of aromatic nitrogens is 2. The summed E-state index contributed by atoms with van der Waals surface area (Å²) in [6.45, 7) is 2.77. The maximum absolute atomic E-state index is 4.51. The summed E-state index contributed by atoms with van der Waals surface area (Å²) in [7, 11) is 0. The van der Waals surface area contributed by atoms with Gasteiger partial charge in [-0.15, -0.1) is 11.3 Å². The van der Waals surface area contributed by atoms with Crippen LogP contribution in [0.3, 0.4) is 0 Å². The van der Waals surface area contributed by atoms with Crippen LogP contribution < -0.4 is 5.32 Å². The first-order valence-electron chi connectivity index (χ1n) is 6.93. The fourth-order valence-corrected chi connectivity index (χ4v) is 2.89. The maximum atomic E-state index is 4.51. The highest BCUT2D eigenvalue weighted by atomic mass is 32.1. The lowest BCUT2D eigenvalue weighted by atomic mass is 10.0. The lowest BCUT2D eigenvalue weighted by Crippen LogP contribution is -2.23. The fourth-order valence-electron chi connectivity index (χ4n) is 2.28. The van der Waals surface area contributed by atoms with Crippen molar-refractivity contribution in [1.29, 1.82) is 0 Å². The molecule has 0 spiro atoms. The molecule has 2 heterocycles. The average Bonchev–Trinajstić information content (AvgIpc) is 2.95. The third-order valence-electron chi connectivity index (χ3n) is 3.27. The zero-order valence-electron chi connectivity index (χ0n) is 11.9. The zero-order valence-corrected chi connectivity index (χ0v) is 12.7. The summed E-state index contributed by atoms with van der Waals surface area (Å²) in [5, 5.41) is 6.76. The van der Waals surface area contributed by atoms with E-state index in [4.69, 9.17) is 0 Å². The Hall–Kier alpha value is -2.04. The lowest BCUT2D eigenvalue weighted by Gasteiger charge is -2.18. The molecule has 4 heteroatoms. The number of hydrogen-bond acceptors (Lipinski definition) is 4. The maximum Gasteiger partial charge on any atom is 0.0897 e.